The van der Waals surface area contributed by atoms with Crippen molar-refractivity contribution in [3.8, 4) is 0 Å². The average Bonchev–Trinajstić information content (AvgIpc) is 2.35. The van der Waals surface area contributed by atoms with Crippen LogP contribution in [-0.4, -0.2) is 28.0 Å². The Morgan fingerprint density at radius 1 is 1.50 bits per heavy atom. The van der Waals surface area contributed by atoms with Crippen molar-refractivity contribution < 1.29 is 9.53 Å². The largest absolute Gasteiger partial charge is 0.376 e. The van der Waals surface area contributed by atoms with Crippen molar-refractivity contribution in [2.24, 2.45) is 0 Å². The van der Waals surface area contributed by atoms with Crippen LogP contribution < -0.4 is 11.2 Å². The standard InChI is InChI=1S/C12H16N2O4/c1-8(15)10-6-13-12(17)14(11(10)16)7-9-4-2-3-5-18-9/h6,9H,2-5,7H2,1H3,(H,13,17). The van der Waals surface area contributed by atoms with E-state index in [0.29, 0.717) is 6.61 Å². The number of nitrogens with one attached hydrogen (secondary N) is 1. The lowest BCUT2D eigenvalue weighted by Crippen LogP contribution is -2.41. The lowest BCUT2D eigenvalue weighted by molar-refractivity contribution is 0.00464. The third-order valence-corrected chi connectivity index (χ3v) is 3.10. The number of carbonyl (C=O) groups is 1. The molecule has 1 N–H and O–H groups in total. The first-order chi connectivity index (χ1) is 8.59. The summed E-state index contributed by atoms with van der Waals surface area (Å²) in [6, 6.07) is 0. The molecule has 0 amide bonds. The minimum absolute atomic E-state index is 0.00501. The van der Waals surface area contributed by atoms with E-state index in [9.17, 15) is 14.4 Å². The van der Waals surface area contributed by atoms with E-state index in [1.165, 1.54) is 13.1 Å². The van der Waals surface area contributed by atoms with Gasteiger partial charge >= 0.3 is 5.69 Å². The van der Waals surface area contributed by atoms with E-state index in [0.717, 1.165) is 23.8 Å². The zero-order chi connectivity index (χ0) is 13.1. The van der Waals surface area contributed by atoms with Gasteiger partial charge in [0.05, 0.1) is 18.2 Å². The zero-order valence-corrected chi connectivity index (χ0v) is 10.3. The van der Waals surface area contributed by atoms with Crippen molar-refractivity contribution >= 4 is 5.78 Å². The van der Waals surface area contributed by atoms with Gasteiger partial charge in [-0.1, -0.05) is 0 Å². The van der Waals surface area contributed by atoms with Gasteiger partial charge in [0.2, 0.25) is 0 Å². The molecule has 2 heterocycles. The molecule has 6 heteroatoms. The Morgan fingerprint density at radius 3 is 2.89 bits per heavy atom. The van der Waals surface area contributed by atoms with Crippen molar-refractivity contribution in [1.29, 1.82) is 0 Å². The number of hydrogen-bond acceptors (Lipinski definition) is 4. The molecule has 1 fully saturated rings. The van der Waals surface area contributed by atoms with E-state index in [1.807, 2.05) is 0 Å². The van der Waals surface area contributed by atoms with Crippen LogP contribution in [0.15, 0.2) is 15.8 Å². The van der Waals surface area contributed by atoms with E-state index in [1.54, 1.807) is 0 Å². The first kappa shape index (κ1) is 12.8. The SMILES string of the molecule is CC(=O)c1c[nH]c(=O)n(CC2CCCCO2)c1=O. The number of aromatic amines is 1. The Hall–Kier alpha value is -1.69. The number of ketones is 1. The van der Waals surface area contributed by atoms with Gasteiger partial charge in [0.15, 0.2) is 5.78 Å². The Kier molecular flexibility index (Phi) is 3.76. The van der Waals surface area contributed by atoms with Crippen molar-refractivity contribution in [2.75, 3.05) is 6.61 Å². The Bertz CT molecular complexity index is 552. The number of ether oxygens (including phenoxy) is 1. The highest BCUT2D eigenvalue weighted by molar-refractivity contribution is 5.93. The van der Waals surface area contributed by atoms with Crippen LogP contribution in [-0.2, 0) is 11.3 Å². The summed E-state index contributed by atoms with van der Waals surface area (Å²) in [6.07, 6.45) is 3.92. The van der Waals surface area contributed by atoms with Gasteiger partial charge in [-0.2, -0.15) is 0 Å². The Balaban J connectivity index is 2.31. The topological polar surface area (TPSA) is 81.2 Å². The van der Waals surface area contributed by atoms with Gasteiger partial charge in [0, 0.05) is 12.8 Å². The number of H-pyrrole nitrogens is 1. The second-order valence-electron chi connectivity index (χ2n) is 4.47. The molecule has 18 heavy (non-hydrogen) atoms. The van der Waals surface area contributed by atoms with E-state index < -0.39 is 11.2 Å². The summed E-state index contributed by atoms with van der Waals surface area (Å²) in [5.41, 5.74) is -1.04. The summed E-state index contributed by atoms with van der Waals surface area (Å²) in [4.78, 5) is 37.3. The molecule has 1 unspecified atom stereocenters. The van der Waals surface area contributed by atoms with E-state index >= 15 is 0 Å². The number of Topliss-reactive ketones (excluding diaryl/α,β-unsaturated/α-hetero) is 1. The second kappa shape index (κ2) is 5.30. The van der Waals surface area contributed by atoms with Crippen LogP contribution in [0.2, 0.25) is 0 Å². The molecular formula is C12H16N2O4. The highest BCUT2D eigenvalue weighted by atomic mass is 16.5. The van der Waals surface area contributed by atoms with Crippen LogP contribution in [0, 0.1) is 0 Å². The quantitative estimate of drug-likeness (QED) is 0.785. The van der Waals surface area contributed by atoms with Gasteiger partial charge in [-0.3, -0.25) is 14.2 Å². The summed E-state index contributed by atoms with van der Waals surface area (Å²) in [5.74, 6) is -0.352. The summed E-state index contributed by atoms with van der Waals surface area (Å²) < 4.78 is 6.54. The van der Waals surface area contributed by atoms with Gasteiger partial charge in [-0.25, -0.2) is 4.79 Å². The maximum absolute atomic E-state index is 12.0. The molecule has 1 atom stereocenters. The molecule has 2 rings (SSSR count). The average molecular weight is 252 g/mol. The third-order valence-electron chi connectivity index (χ3n) is 3.10. The lowest BCUT2D eigenvalue weighted by atomic mass is 10.1. The predicted molar refractivity (Wildman–Crippen MR) is 64.9 cm³/mol. The van der Waals surface area contributed by atoms with Gasteiger partial charge in [-0.05, 0) is 26.2 Å². The van der Waals surface area contributed by atoms with Crippen molar-refractivity contribution in [3.63, 3.8) is 0 Å². The maximum atomic E-state index is 12.0. The Morgan fingerprint density at radius 2 is 2.28 bits per heavy atom. The van der Waals surface area contributed by atoms with E-state index in [-0.39, 0.29) is 24.0 Å². The number of carbonyl (C=O) groups excluding carboxylic acids is 1. The highest BCUT2D eigenvalue weighted by Crippen LogP contribution is 2.13. The van der Waals surface area contributed by atoms with Crippen molar-refractivity contribution in [2.45, 2.75) is 38.8 Å². The maximum Gasteiger partial charge on any atom is 0.328 e. The lowest BCUT2D eigenvalue weighted by Gasteiger charge is -2.22. The van der Waals surface area contributed by atoms with Crippen LogP contribution in [0.3, 0.4) is 0 Å². The van der Waals surface area contributed by atoms with Gasteiger partial charge in [-0.15, -0.1) is 0 Å². The number of aromatic nitrogens is 2. The van der Waals surface area contributed by atoms with Crippen molar-refractivity contribution in [3.05, 3.63) is 32.6 Å². The number of hydrogen-bond donors (Lipinski definition) is 1. The molecule has 98 valence electrons. The van der Waals surface area contributed by atoms with E-state index in [4.69, 9.17) is 4.74 Å². The fourth-order valence-corrected chi connectivity index (χ4v) is 2.08. The van der Waals surface area contributed by atoms with Crippen LogP contribution in [0.25, 0.3) is 0 Å². The first-order valence-electron chi connectivity index (χ1n) is 6.04. The molecule has 0 spiro atoms. The van der Waals surface area contributed by atoms with Gasteiger partial charge in [0.1, 0.15) is 0 Å². The molecular weight excluding hydrogens is 236 g/mol. The summed E-state index contributed by atoms with van der Waals surface area (Å²) >= 11 is 0. The van der Waals surface area contributed by atoms with Crippen LogP contribution in [0.1, 0.15) is 36.5 Å². The van der Waals surface area contributed by atoms with Crippen molar-refractivity contribution in [1.82, 2.24) is 9.55 Å². The molecule has 0 saturated carbocycles. The fourth-order valence-electron chi connectivity index (χ4n) is 2.08. The summed E-state index contributed by atoms with van der Waals surface area (Å²) in [5, 5.41) is 0. The molecule has 0 bridgehead atoms. The highest BCUT2D eigenvalue weighted by Gasteiger charge is 2.18. The smallest absolute Gasteiger partial charge is 0.328 e. The predicted octanol–water partition coefficient (Wildman–Crippen LogP) is 0.308. The molecule has 1 aliphatic rings. The van der Waals surface area contributed by atoms with Gasteiger partial charge in [0.25, 0.3) is 5.56 Å². The Labute approximate surface area is 104 Å². The minimum atomic E-state index is -0.541. The molecule has 1 aromatic heterocycles. The summed E-state index contributed by atoms with van der Waals surface area (Å²) in [6.45, 7) is 2.16. The van der Waals surface area contributed by atoms with Crippen LogP contribution in [0.5, 0.6) is 0 Å². The second-order valence-corrected chi connectivity index (χ2v) is 4.47. The zero-order valence-electron chi connectivity index (χ0n) is 10.3. The molecule has 6 nitrogen and oxygen atoms in total. The summed E-state index contributed by atoms with van der Waals surface area (Å²) in [7, 11) is 0. The molecule has 0 aromatic carbocycles. The number of nitrogens with zero attached hydrogens (tertiary/aromatic N) is 1. The third kappa shape index (κ3) is 2.59. The van der Waals surface area contributed by atoms with Crippen LogP contribution in [0.4, 0.5) is 0 Å². The molecule has 1 aromatic rings. The molecule has 1 aliphatic heterocycles. The molecule has 0 radical (unpaired) electrons. The molecule has 1 saturated heterocycles. The number of rotatable bonds is 3. The normalized spacial score (nSPS) is 19.7. The van der Waals surface area contributed by atoms with E-state index in [2.05, 4.69) is 4.98 Å². The van der Waals surface area contributed by atoms with Gasteiger partial charge < -0.3 is 9.72 Å². The fraction of sp³-hybridized carbons (Fsp3) is 0.583. The monoisotopic (exact) mass is 252 g/mol. The van der Waals surface area contributed by atoms with Crippen LogP contribution >= 0.6 is 0 Å². The molecule has 0 aliphatic carbocycles. The first-order valence-corrected chi connectivity index (χ1v) is 6.04. The minimum Gasteiger partial charge on any atom is -0.376 e.